The van der Waals surface area contributed by atoms with Gasteiger partial charge in [-0.2, -0.15) is 0 Å². The molecule has 3 amide bonds. The van der Waals surface area contributed by atoms with Crippen LogP contribution in [0, 0.1) is 5.92 Å². The van der Waals surface area contributed by atoms with Gasteiger partial charge in [0.15, 0.2) is 0 Å². The monoisotopic (exact) mass is 385 g/mol. The maximum absolute atomic E-state index is 12.6. The Morgan fingerprint density at radius 2 is 1.74 bits per heavy atom. The van der Waals surface area contributed by atoms with E-state index in [1.165, 1.54) is 11.3 Å². The Kier molecular flexibility index (Phi) is 6.59. The van der Waals surface area contributed by atoms with E-state index in [2.05, 4.69) is 16.0 Å². The molecule has 6 nitrogen and oxygen atoms in total. The van der Waals surface area contributed by atoms with Gasteiger partial charge < -0.3 is 16.0 Å². The number of hydrogen-bond acceptors (Lipinski definition) is 4. The van der Waals surface area contributed by atoms with E-state index >= 15 is 0 Å². The number of carbonyl (C=O) groups is 3. The lowest BCUT2D eigenvalue weighted by atomic mass is 10.1. The van der Waals surface area contributed by atoms with Crippen LogP contribution in [0.1, 0.15) is 28.1 Å². The summed E-state index contributed by atoms with van der Waals surface area (Å²) in [6.07, 6.45) is 2.30. The third-order valence-corrected chi connectivity index (χ3v) is 5.19. The Hall–Kier alpha value is -2.67. The van der Waals surface area contributed by atoms with Crippen molar-refractivity contribution in [1.82, 2.24) is 16.0 Å². The van der Waals surface area contributed by atoms with Crippen molar-refractivity contribution in [3.8, 4) is 0 Å². The summed E-state index contributed by atoms with van der Waals surface area (Å²) in [5, 5.41) is 10.3. The molecular weight excluding hydrogens is 362 g/mol. The fraction of sp³-hybridized carbons (Fsp3) is 0.350. The van der Waals surface area contributed by atoms with Gasteiger partial charge in [-0.1, -0.05) is 36.4 Å². The normalized spacial score (nSPS) is 14.2. The van der Waals surface area contributed by atoms with E-state index in [1.54, 1.807) is 12.1 Å². The summed E-state index contributed by atoms with van der Waals surface area (Å²) in [5.41, 5.74) is 0.964. The smallest absolute Gasteiger partial charge is 0.262 e. The number of amides is 3. The van der Waals surface area contributed by atoms with Crippen LogP contribution in [0.3, 0.4) is 0 Å². The molecule has 1 heterocycles. The Labute approximate surface area is 162 Å². The largest absolute Gasteiger partial charge is 0.354 e. The van der Waals surface area contributed by atoms with Crippen molar-refractivity contribution in [2.75, 3.05) is 13.1 Å². The molecule has 1 saturated carbocycles. The molecule has 1 aromatic carbocycles. The maximum atomic E-state index is 12.6. The molecule has 0 saturated heterocycles. The minimum atomic E-state index is -0.680. The van der Waals surface area contributed by atoms with E-state index in [9.17, 15) is 14.4 Å². The first-order valence-corrected chi connectivity index (χ1v) is 9.95. The topological polar surface area (TPSA) is 87.3 Å². The van der Waals surface area contributed by atoms with E-state index in [4.69, 9.17) is 0 Å². The number of nitrogens with one attached hydrogen (secondary N) is 3. The van der Waals surface area contributed by atoms with E-state index in [0.29, 0.717) is 24.4 Å². The SMILES string of the molecule is O=C(NC(Cc1ccccc1)C(=O)NCCNC(=O)C1CC1)c1cccs1. The van der Waals surface area contributed by atoms with Crippen LogP contribution >= 0.6 is 11.3 Å². The molecule has 1 unspecified atom stereocenters. The standard InChI is InChI=1S/C20H23N3O3S/c24-18(15-8-9-15)21-10-11-22-19(25)16(13-14-5-2-1-3-6-14)23-20(26)17-7-4-12-27-17/h1-7,12,15-16H,8-11,13H2,(H,21,24)(H,22,25)(H,23,26). The molecule has 0 spiro atoms. The number of benzene rings is 1. The summed E-state index contributed by atoms with van der Waals surface area (Å²) in [5.74, 6) is -0.319. The van der Waals surface area contributed by atoms with Crippen molar-refractivity contribution < 1.29 is 14.4 Å². The van der Waals surface area contributed by atoms with E-state index in [1.807, 2.05) is 35.7 Å². The molecule has 0 radical (unpaired) electrons. The molecule has 7 heteroatoms. The number of carbonyl (C=O) groups excluding carboxylic acids is 3. The highest BCUT2D eigenvalue weighted by atomic mass is 32.1. The second-order valence-corrected chi connectivity index (χ2v) is 7.50. The zero-order valence-electron chi connectivity index (χ0n) is 14.9. The van der Waals surface area contributed by atoms with E-state index in [-0.39, 0.29) is 23.6 Å². The molecule has 1 aliphatic rings. The van der Waals surface area contributed by atoms with Crippen LogP contribution in [0.25, 0.3) is 0 Å². The minimum absolute atomic E-state index is 0.0519. The Morgan fingerprint density at radius 1 is 1.00 bits per heavy atom. The average Bonchev–Trinajstić information content (AvgIpc) is 3.39. The number of rotatable bonds is 9. The Morgan fingerprint density at radius 3 is 2.41 bits per heavy atom. The van der Waals surface area contributed by atoms with Gasteiger partial charge in [-0.3, -0.25) is 14.4 Å². The molecule has 1 fully saturated rings. The zero-order chi connectivity index (χ0) is 19.1. The Balaban J connectivity index is 1.54. The molecule has 1 aliphatic carbocycles. The summed E-state index contributed by atoms with van der Waals surface area (Å²) in [6.45, 7) is 0.718. The van der Waals surface area contributed by atoms with Crippen molar-refractivity contribution in [3.63, 3.8) is 0 Å². The summed E-state index contributed by atoms with van der Waals surface area (Å²) >= 11 is 1.33. The molecule has 142 valence electrons. The summed E-state index contributed by atoms with van der Waals surface area (Å²) < 4.78 is 0. The zero-order valence-corrected chi connectivity index (χ0v) is 15.8. The third-order valence-electron chi connectivity index (χ3n) is 4.32. The van der Waals surface area contributed by atoms with Gasteiger partial charge in [0.05, 0.1) is 4.88 Å². The van der Waals surface area contributed by atoms with Gasteiger partial charge in [0.1, 0.15) is 6.04 Å². The molecule has 2 aromatic rings. The van der Waals surface area contributed by atoms with Crippen molar-refractivity contribution in [1.29, 1.82) is 0 Å². The fourth-order valence-electron chi connectivity index (χ4n) is 2.68. The van der Waals surface area contributed by atoms with Gasteiger partial charge in [-0.05, 0) is 29.9 Å². The van der Waals surface area contributed by atoms with Gasteiger partial charge in [0.25, 0.3) is 5.91 Å². The van der Waals surface area contributed by atoms with Crippen molar-refractivity contribution >= 4 is 29.1 Å². The lowest BCUT2D eigenvalue weighted by Crippen LogP contribution is -2.49. The first-order chi connectivity index (χ1) is 13.1. The van der Waals surface area contributed by atoms with Crippen molar-refractivity contribution in [3.05, 3.63) is 58.3 Å². The van der Waals surface area contributed by atoms with Crippen LogP contribution < -0.4 is 16.0 Å². The third kappa shape index (κ3) is 5.92. The molecule has 3 N–H and O–H groups in total. The van der Waals surface area contributed by atoms with Crippen LogP contribution in [0.5, 0.6) is 0 Å². The van der Waals surface area contributed by atoms with Crippen molar-refractivity contribution in [2.45, 2.75) is 25.3 Å². The van der Waals surface area contributed by atoms with Gasteiger partial charge in [0, 0.05) is 25.4 Å². The summed E-state index contributed by atoms with van der Waals surface area (Å²) in [4.78, 5) is 37.2. The fourth-order valence-corrected chi connectivity index (χ4v) is 3.31. The first kappa shape index (κ1) is 19.1. The van der Waals surface area contributed by atoms with Crippen molar-refractivity contribution in [2.24, 2.45) is 5.92 Å². The lowest BCUT2D eigenvalue weighted by Gasteiger charge is -2.18. The molecule has 3 rings (SSSR count). The van der Waals surface area contributed by atoms with Gasteiger partial charge >= 0.3 is 0 Å². The van der Waals surface area contributed by atoms with Crippen LogP contribution in [0.2, 0.25) is 0 Å². The molecule has 27 heavy (non-hydrogen) atoms. The molecule has 1 aromatic heterocycles. The first-order valence-electron chi connectivity index (χ1n) is 9.07. The molecule has 1 atom stereocenters. The van der Waals surface area contributed by atoms with Crippen LogP contribution in [-0.4, -0.2) is 36.9 Å². The highest BCUT2D eigenvalue weighted by Crippen LogP contribution is 2.28. The van der Waals surface area contributed by atoms with Crippen LogP contribution in [0.4, 0.5) is 0 Å². The van der Waals surface area contributed by atoms with Gasteiger partial charge in [-0.15, -0.1) is 11.3 Å². The lowest BCUT2D eigenvalue weighted by molar-refractivity contribution is -0.124. The van der Waals surface area contributed by atoms with Gasteiger partial charge in [0.2, 0.25) is 11.8 Å². The highest BCUT2D eigenvalue weighted by Gasteiger charge is 2.29. The average molecular weight is 385 g/mol. The number of thiophene rings is 1. The molecule has 0 aliphatic heterocycles. The maximum Gasteiger partial charge on any atom is 0.262 e. The Bertz CT molecular complexity index is 773. The molecular formula is C20H23N3O3S. The predicted octanol–water partition coefficient (Wildman–Crippen LogP) is 1.73. The predicted molar refractivity (Wildman–Crippen MR) is 104 cm³/mol. The van der Waals surface area contributed by atoms with Gasteiger partial charge in [-0.25, -0.2) is 0 Å². The van der Waals surface area contributed by atoms with Crippen LogP contribution in [-0.2, 0) is 16.0 Å². The van der Waals surface area contributed by atoms with E-state index < -0.39 is 6.04 Å². The summed E-state index contributed by atoms with van der Waals surface area (Å²) in [6, 6.07) is 12.4. The van der Waals surface area contributed by atoms with Crippen LogP contribution in [0.15, 0.2) is 47.8 Å². The number of hydrogen-bond donors (Lipinski definition) is 3. The highest BCUT2D eigenvalue weighted by molar-refractivity contribution is 7.12. The summed E-state index contributed by atoms with van der Waals surface area (Å²) in [7, 11) is 0. The second kappa shape index (κ2) is 9.32. The molecule has 0 bridgehead atoms. The quantitative estimate of drug-likeness (QED) is 0.575. The second-order valence-electron chi connectivity index (χ2n) is 6.55. The van der Waals surface area contributed by atoms with E-state index in [0.717, 1.165) is 18.4 Å². The minimum Gasteiger partial charge on any atom is -0.354 e.